The number of nitrogens with two attached hydrogens (primary N) is 2. The first-order valence-corrected chi connectivity index (χ1v) is 9.22. The van der Waals surface area contributed by atoms with Crippen molar-refractivity contribution in [3.63, 3.8) is 0 Å². The minimum atomic E-state index is -0.621. The third kappa shape index (κ3) is 5.26. The number of anilines is 1. The Balaban J connectivity index is 1.77. The zero-order chi connectivity index (χ0) is 22.5. The second-order valence-electron chi connectivity index (χ2n) is 6.76. The second-order valence-corrected chi connectivity index (χ2v) is 6.76. The van der Waals surface area contributed by atoms with Crippen molar-refractivity contribution >= 4 is 29.9 Å². The van der Waals surface area contributed by atoms with Gasteiger partial charge in [0.15, 0.2) is 0 Å². The number of hydrogen-bond donors (Lipinski definition) is 4. The number of nitrogens with one attached hydrogen (secondary N) is 1. The number of hydrogen-bond acceptors (Lipinski definition) is 6. The summed E-state index contributed by atoms with van der Waals surface area (Å²) >= 11 is 0. The molecule has 0 unspecified atom stereocenters. The van der Waals surface area contributed by atoms with Crippen LogP contribution in [0.3, 0.4) is 0 Å². The van der Waals surface area contributed by atoms with Gasteiger partial charge in [-0.1, -0.05) is 6.07 Å². The van der Waals surface area contributed by atoms with Gasteiger partial charge in [0.05, 0.1) is 25.0 Å². The molecule has 1 aliphatic rings. The number of benzene rings is 2. The molecule has 162 valence electrons. The molecule has 31 heavy (non-hydrogen) atoms. The maximum atomic E-state index is 14.8. The molecule has 0 spiro atoms. The number of ether oxygens (including phenoxy) is 1. The van der Waals surface area contributed by atoms with Gasteiger partial charge < -0.3 is 26.6 Å². The summed E-state index contributed by atoms with van der Waals surface area (Å²) in [6.07, 6.45) is 0.114. The average molecular weight is 428 g/mol. The van der Waals surface area contributed by atoms with Crippen molar-refractivity contribution < 1.29 is 23.8 Å². The number of guanidine groups is 1. The van der Waals surface area contributed by atoms with Gasteiger partial charge in [0.2, 0.25) is 11.9 Å². The highest BCUT2D eigenvalue weighted by atomic mass is 19.1. The molecule has 2 aromatic rings. The number of carbonyl (C=O) groups excluding carboxylic acids is 2. The van der Waals surface area contributed by atoms with E-state index < -0.39 is 18.0 Å². The monoisotopic (exact) mass is 428 g/mol. The molecule has 0 radical (unpaired) electrons. The van der Waals surface area contributed by atoms with E-state index in [2.05, 4.69) is 15.5 Å². The van der Waals surface area contributed by atoms with Gasteiger partial charge in [-0.05, 0) is 35.9 Å². The molecule has 0 saturated carbocycles. The molecule has 0 bridgehead atoms. The van der Waals surface area contributed by atoms with E-state index in [1.54, 1.807) is 12.1 Å². The quantitative estimate of drug-likeness (QED) is 0.308. The molecular formula is C20H21FN6O4. The van der Waals surface area contributed by atoms with E-state index in [0.717, 1.165) is 0 Å². The summed E-state index contributed by atoms with van der Waals surface area (Å²) in [5.41, 5.74) is 11.7. The molecule has 0 aromatic heterocycles. The third-order valence-corrected chi connectivity index (χ3v) is 4.43. The van der Waals surface area contributed by atoms with E-state index in [9.17, 15) is 19.1 Å². The van der Waals surface area contributed by atoms with Crippen LogP contribution in [0.4, 0.5) is 14.9 Å². The normalized spacial score (nSPS) is 15.7. The van der Waals surface area contributed by atoms with Crippen molar-refractivity contribution in [2.75, 3.05) is 18.0 Å². The van der Waals surface area contributed by atoms with Gasteiger partial charge in [-0.25, -0.2) is 9.18 Å². The van der Waals surface area contributed by atoms with Crippen LogP contribution in [-0.2, 0) is 9.53 Å². The average Bonchev–Trinajstić information content (AvgIpc) is 3.08. The fraction of sp³-hybridized carbons (Fsp3) is 0.200. The number of halogens is 1. The Labute approximate surface area is 177 Å². The molecule has 1 saturated heterocycles. The highest BCUT2D eigenvalue weighted by Gasteiger charge is 2.32. The van der Waals surface area contributed by atoms with E-state index in [4.69, 9.17) is 16.2 Å². The Morgan fingerprint density at radius 3 is 2.77 bits per heavy atom. The molecule has 6 N–H and O–H groups in total. The molecular weight excluding hydrogens is 407 g/mol. The number of nitrogens with zero attached hydrogens (tertiary/aromatic N) is 3. The standard InChI is InChI=1S/C20H21FN6O4/c1-11(28)24-9-15-10-27(20(30)31-15)14-4-5-16(17(21)7-14)12-2-3-13(18(29)6-12)8-25-26-19(22)23/h2-8,15,29H,9-10H2,1H3,(H,24,28)(H4,22,23,26)/t15-/m0/s1. The predicted molar refractivity (Wildman–Crippen MR) is 113 cm³/mol. The van der Waals surface area contributed by atoms with Crippen LogP contribution >= 0.6 is 0 Å². The molecule has 1 heterocycles. The third-order valence-electron chi connectivity index (χ3n) is 4.43. The van der Waals surface area contributed by atoms with Crippen LogP contribution in [0.15, 0.2) is 46.6 Å². The number of amides is 2. The van der Waals surface area contributed by atoms with Gasteiger partial charge in [0.1, 0.15) is 17.7 Å². The molecule has 2 aromatic carbocycles. The number of phenols is 1. The molecule has 3 rings (SSSR count). The minimum absolute atomic E-state index is 0.139. The maximum Gasteiger partial charge on any atom is 0.414 e. The van der Waals surface area contributed by atoms with Crippen LogP contribution in [0.25, 0.3) is 11.1 Å². The van der Waals surface area contributed by atoms with E-state index in [-0.39, 0.29) is 36.3 Å². The number of rotatable bonds is 6. The maximum absolute atomic E-state index is 14.8. The summed E-state index contributed by atoms with van der Waals surface area (Å²) in [4.78, 5) is 24.4. The molecule has 1 fully saturated rings. The lowest BCUT2D eigenvalue weighted by Gasteiger charge is -2.15. The molecule has 1 atom stereocenters. The largest absolute Gasteiger partial charge is 0.507 e. The Morgan fingerprint density at radius 1 is 1.35 bits per heavy atom. The minimum Gasteiger partial charge on any atom is -0.507 e. The highest BCUT2D eigenvalue weighted by Crippen LogP contribution is 2.31. The molecule has 2 amide bonds. The van der Waals surface area contributed by atoms with Crippen LogP contribution in [0.2, 0.25) is 0 Å². The second kappa shape index (κ2) is 9.11. The molecule has 0 aliphatic carbocycles. The van der Waals surface area contributed by atoms with Crippen molar-refractivity contribution in [1.29, 1.82) is 0 Å². The lowest BCUT2D eigenvalue weighted by atomic mass is 10.0. The Hall–Kier alpha value is -4.15. The molecule has 10 nitrogen and oxygen atoms in total. The first-order valence-electron chi connectivity index (χ1n) is 9.22. The Morgan fingerprint density at radius 2 is 2.13 bits per heavy atom. The summed E-state index contributed by atoms with van der Waals surface area (Å²) in [7, 11) is 0. The summed E-state index contributed by atoms with van der Waals surface area (Å²) in [6.45, 7) is 1.72. The fourth-order valence-corrected chi connectivity index (χ4v) is 2.98. The van der Waals surface area contributed by atoms with Gasteiger partial charge in [-0.2, -0.15) is 5.10 Å². The van der Waals surface area contributed by atoms with Crippen molar-refractivity contribution in [1.82, 2.24) is 5.32 Å². The van der Waals surface area contributed by atoms with Crippen LogP contribution in [0.5, 0.6) is 5.75 Å². The summed E-state index contributed by atoms with van der Waals surface area (Å²) in [6, 6.07) is 8.80. The smallest absolute Gasteiger partial charge is 0.414 e. The number of aromatic hydroxyl groups is 1. The first-order chi connectivity index (χ1) is 14.7. The van der Waals surface area contributed by atoms with Gasteiger partial charge in [-0.3, -0.25) is 9.69 Å². The summed E-state index contributed by atoms with van der Waals surface area (Å²) in [5.74, 6) is -1.18. The Kier molecular flexibility index (Phi) is 6.34. The van der Waals surface area contributed by atoms with E-state index in [1.807, 2.05) is 0 Å². The van der Waals surface area contributed by atoms with Crippen LogP contribution in [0.1, 0.15) is 12.5 Å². The van der Waals surface area contributed by atoms with Crippen molar-refractivity contribution in [2.45, 2.75) is 13.0 Å². The van der Waals surface area contributed by atoms with Gasteiger partial charge in [0, 0.05) is 18.1 Å². The SMILES string of the molecule is CC(=O)NC[C@H]1CN(c2ccc(-c3ccc(C=NN=C(N)N)c(O)c3)c(F)c2)C(=O)O1. The molecule has 1 aliphatic heterocycles. The zero-order valence-electron chi connectivity index (χ0n) is 16.6. The summed E-state index contributed by atoms with van der Waals surface area (Å²) in [5, 5.41) is 19.8. The Bertz CT molecular complexity index is 1070. The van der Waals surface area contributed by atoms with Crippen molar-refractivity contribution in [3.8, 4) is 16.9 Å². The first kappa shape index (κ1) is 21.6. The lowest BCUT2D eigenvalue weighted by Crippen LogP contribution is -2.33. The topological polar surface area (TPSA) is 156 Å². The van der Waals surface area contributed by atoms with Gasteiger partial charge in [0.25, 0.3) is 0 Å². The van der Waals surface area contributed by atoms with Gasteiger partial charge >= 0.3 is 6.09 Å². The number of phenolic OH excluding ortho intramolecular Hbond substituents is 1. The van der Waals surface area contributed by atoms with E-state index in [0.29, 0.717) is 16.8 Å². The van der Waals surface area contributed by atoms with Crippen molar-refractivity contribution in [2.24, 2.45) is 21.7 Å². The van der Waals surface area contributed by atoms with Crippen LogP contribution < -0.4 is 21.7 Å². The predicted octanol–water partition coefficient (Wildman–Crippen LogP) is 1.27. The van der Waals surface area contributed by atoms with Crippen LogP contribution in [0, 0.1) is 5.82 Å². The van der Waals surface area contributed by atoms with Crippen molar-refractivity contribution in [3.05, 3.63) is 47.8 Å². The number of cyclic esters (lactones) is 1. The van der Waals surface area contributed by atoms with E-state index in [1.165, 1.54) is 42.3 Å². The molecule has 11 heteroatoms. The van der Waals surface area contributed by atoms with E-state index >= 15 is 0 Å². The van der Waals surface area contributed by atoms with Gasteiger partial charge in [-0.15, -0.1) is 5.10 Å². The lowest BCUT2D eigenvalue weighted by molar-refractivity contribution is -0.119. The zero-order valence-corrected chi connectivity index (χ0v) is 16.6. The fourth-order valence-electron chi connectivity index (χ4n) is 2.98. The van der Waals surface area contributed by atoms with Crippen LogP contribution in [-0.4, -0.2) is 48.5 Å². The summed E-state index contributed by atoms with van der Waals surface area (Å²) < 4.78 is 20.0. The number of carbonyl (C=O) groups is 2. The highest BCUT2D eigenvalue weighted by molar-refractivity contribution is 5.90.